The maximum Gasteiger partial charge on any atom is 0.253 e. The van der Waals surface area contributed by atoms with E-state index >= 15 is 0 Å². The van der Waals surface area contributed by atoms with Crippen LogP contribution in [0.4, 0.5) is 11.6 Å². The largest absolute Gasteiger partial charge is 0.495 e. The Kier molecular flexibility index (Phi) is 9.74. The van der Waals surface area contributed by atoms with Crippen molar-refractivity contribution >= 4 is 66.5 Å². The fourth-order valence-electron chi connectivity index (χ4n) is 3.77. The standard InChI is InChI=1S/C25H27Cl2N5O7S2/c1-32(41(3,36)37)24-16-7-5-4-6-14(16)13-40(24)39-23-19(27)11-29-25(31-23)30-20-9-18(26)17(8-21(20)38-2)22(35)28-10-15(34)12-33/h4-9,11,15,33-34H,10,12-13H2,1-3H3,(H,28,35)(H,29,30,31)/t15-,40?/m1/s1. The van der Waals surface area contributed by atoms with Crippen LogP contribution >= 0.6 is 34.0 Å². The Balaban J connectivity index is 1.63. The van der Waals surface area contributed by atoms with E-state index in [0.29, 0.717) is 16.4 Å². The van der Waals surface area contributed by atoms with Gasteiger partial charge in [0.2, 0.25) is 16.0 Å². The molecule has 0 radical (unpaired) electrons. The molecule has 0 fully saturated rings. The van der Waals surface area contributed by atoms with E-state index < -0.39 is 39.4 Å². The van der Waals surface area contributed by atoms with E-state index in [9.17, 15) is 18.3 Å². The lowest BCUT2D eigenvalue weighted by atomic mass is 10.1. The Hall–Kier alpha value is -2.98. The van der Waals surface area contributed by atoms with E-state index in [1.165, 1.54) is 36.8 Å². The molecule has 2 heterocycles. The molecule has 0 aliphatic carbocycles. The number of ether oxygens (including phenoxy) is 1. The van der Waals surface area contributed by atoms with Crippen LogP contribution < -0.4 is 19.6 Å². The zero-order chi connectivity index (χ0) is 29.9. The number of anilines is 2. The molecule has 2 aromatic carbocycles. The lowest BCUT2D eigenvalue weighted by molar-refractivity contribution is 0.0802. The maximum atomic E-state index is 12.5. The van der Waals surface area contributed by atoms with Crippen molar-refractivity contribution in [2.45, 2.75) is 11.9 Å². The maximum absolute atomic E-state index is 12.5. The van der Waals surface area contributed by atoms with Crippen molar-refractivity contribution in [1.82, 2.24) is 19.6 Å². The van der Waals surface area contributed by atoms with Gasteiger partial charge >= 0.3 is 0 Å². The van der Waals surface area contributed by atoms with Crippen LogP contribution in [-0.2, 0) is 15.8 Å². The lowest BCUT2D eigenvalue weighted by Crippen LogP contribution is -2.34. The molecular weight excluding hydrogens is 617 g/mol. The van der Waals surface area contributed by atoms with Crippen LogP contribution in [-0.4, -0.2) is 83.5 Å². The number of nitrogens with one attached hydrogen (secondary N) is 2. The van der Waals surface area contributed by atoms with E-state index in [-0.39, 0.29) is 39.7 Å². The van der Waals surface area contributed by atoms with Crippen LogP contribution in [0, 0.1) is 0 Å². The van der Waals surface area contributed by atoms with E-state index in [0.717, 1.165) is 17.4 Å². The van der Waals surface area contributed by atoms with Crippen molar-refractivity contribution < 1.29 is 32.3 Å². The highest BCUT2D eigenvalue weighted by Crippen LogP contribution is 2.40. The second kappa shape index (κ2) is 12.9. The van der Waals surface area contributed by atoms with Crippen LogP contribution in [0.3, 0.4) is 0 Å². The van der Waals surface area contributed by atoms with Crippen molar-refractivity contribution in [2.24, 2.45) is 0 Å². The fraction of sp³-hybridized carbons (Fsp3) is 0.280. The summed E-state index contributed by atoms with van der Waals surface area (Å²) in [5, 5.41) is 24.1. The van der Waals surface area contributed by atoms with Gasteiger partial charge in [-0.3, -0.25) is 4.79 Å². The molecule has 3 aromatic rings. The average molecular weight is 645 g/mol. The summed E-state index contributed by atoms with van der Waals surface area (Å²) in [6.45, 7) is -0.670. The highest BCUT2D eigenvalue weighted by molar-refractivity contribution is 8.12. The third-order valence-corrected chi connectivity index (χ3v) is 9.64. The highest BCUT2D eigenvalue weighted by Gasteiger charge is 2.30. The molecule has 1 aromatic heterocycles. The molecule has 220 valence electrons. The third-order valence-electron chi connectivity index (χ3n) is 5.91. The molecule has 0 spiro atoms. The van der Waals surface area contributed by atoms with Gasteiger partial charge in [0.05, 0.1) is 59.3 Å². The Labute approximate surface area is 249 Å². The van der Waals surface area contributed by atoms with Crippen LogP contribution in [0.15, 0.2) is 42.6 Å². The first-order valence-corrected chi connectivity index (χ1v) is 15.9. The topological polar surface area (TPSA) is 163 Å². The van der Waals surface area contributed by atoms with Crippen LogP contribution in [0.5, 0.6) is 11.6 Å². The summed E-state index contributed by atoms with van der Waals surface area (Å²) in [4.78, 5) is 21.6. The molecule has 0 saturated carbocycles. The number of hydrogen-bond acceptors (Lipinski definition) is 10. The first-order valence-electron chi connectivity index (χ1n) is 12.0. The average Bonchev–Trinajstić information content (AvgIpc) is 3.30. The number of fused-ring (bicyclic) bond motifs is 1. The molecule has 1 aliphatic rings. The molecule has 41 heavy (non-hydrogen) atoms. The summed E-state index contributed by atoms with van der Waals surface area (Å²) in [5.74, 6) is 0.192. The predicted molar refractivity (Wildman–Crippen MR) is 159 cm³/mol. The summed E-state index contributed by atoms with van der Waals surface area (Å²) in [7, 11) is -1.75. The zero-order valence-corrected chi connectivity index (χ0v) is 25.2. The third kappa shape index (κ3) is 7.09. The number of aliphatic hydroxyl groups is 2. The number of rotatable bonds is 10. The number of amides is 1. The number of methoxy groups -OCH3 is 1. The number of halogens is 2. The SMILES string of the molecule is COc1cc(C(=O)NC[C@@H](O)CO)c(Cl)cc1Nc1ncc(Cl)c(OS2=C(N(C)S(C)(=O)=O)c3ccccc3C2)n1. The molecule has 2 atom stereocenters. The lowest BCUT2D eigenvalue weighted by Gasteiger charge is -2.19. The number of sulfonamides is 1. The molecule has 1 amide bonds. The molecule has 0 bridgehead atoms. The van der Waals surface area contributed by atoms with Gasteiger partial charge in [0.1, 0.15) is 10.8 Å². The number of nitrogens with zero attached hydrogens (tertiary/aromatic N) is 3. The number of hydrogen-bond donors (Lipinski definition) is 4. The van der Waals surface area contributed by atoms with E-state index in [1.54, 1.807) is 0 Å². The number of aliphatic hydroxyl groups excluding tert-OH is 2. The summed E-state index contributed by atoms with van der Waals surface area (Å²) in [6.07, 6.45) is 1.34. The van der Waals surface area contributed by atoms with Gasteiger partial charge in [-0.15, -0.1) is 0 Å². The second-order valence-corrected chi connectivity index (χ2v) is 13.2. The molecule has 12 nitrogen and oxygen atoms in total. The number of benzene rings is 2. The number of aromatic nitrogens is 2. The Morgan fingerprint density at radius 1 is 1.24 bits per heavy atom. The van der Waals surface area contributed by atoms with E-state index in [1.807, 2.05) is 24.3 Å². The molecule has 16 heteroatoms. The van der Waals surface area contributed by atoms with Crippen LogP contribution in [0.2, 0.25) is 10.0 Å². The quantitative estimate of drug-likeness (QED) is 0.242. The van der Waals surface area contributed by atoms with Gasteiger partial charge in [0.25, 0.3) is 11.8 Å². The van der Waals surface area contributed by atoms with Gasteiger partial charge in [0.15, 0.2) is 0 Å². The fourth-order valence-corrected chi connectivity index (χ4v) is 7.11. The van der Waals surface area contributed by atoms with Crippen LogP contribution in [0.25, 0.3) is 0 Å². The Bertz CT molecular complexity index is 1620. The van der Waals surface area contributed by atoms with Gasteiger partial charge in [-0.1, -0.05) is 47.5 Å². The molecular formula is C25H27Cl2N5O7S2. The molecule has 4 rings (SSSR count). The summed E-state index contributed by atoms with van der Waals surface area (Å²) < 4.78 is 37.6. The van der Waals surface area contributed by atoms with E-state index in [2.05, 4.69) is 20.6 Å². The molecule has 4 N–H and O–H groups in total. The van der Waals surface area contributed by atoms with Crippen molar-refractivity contribution in [2.75, 3.05) is 38.9 Å². The smallest absolute Gasteiger partial charge is 0.253 e. The summed E-state index contributed by atoms with van der Waals surface area (Å²) in [5.41, 5.74) is 2.11. The predicted octanol–water partition coefficient (Wildman–Crippen LogP) is 2.76. The monoisotopic (exact) mass is 643 g/mol. The van der Waals surface area contributed by atoms with Crippen molar-refractivity contribution in [1.29, 1.82) is 0 Å². The molecule has 1 aliphatic heterocycles. The number of carbonyl (C=O) groups is 1. The Morgan fingerprint density at radius 2 is 1.98 bits per heavy atom. The second-order valence-electron chi connectivity index (χ2n) is 8.82. The zero-order valence-electron chi connectivity index (χ0n) is 22.1. The minimum Gasteiger partial charge on any atom is -0.495 e. The molecule has 0 saturated heterocycles. The van der Waals surface area contributed by atoms with Gasteiger partial charge in [-0.25, -0.2) is 13.4 Å². The normalized spacial score (nSPS) is 15.4. The van der Waals surface area contributed by atoms with Crippen molar-refractivity contribution in [3.05, 3.63) is 69.3 Å². The van der Waals surface area contributed by atoms with Gasteiger partial charge in [-0.05, 0) is 17.7 Å². The van der Waals surface area contributed by atoms with E-state index in [4.69, 9.17) is 37.2 Å². The first-order chi connectivity index (χ1) is 19.4. The number of carbonyl (C=O) groups excluding carboxylic acids is 1. The van der Waals surface area contributed by atoms with Crippen LogP contribution in [0.1, 0.15) is 21.5 Å². The highest BCUT2D eigenvalue weighted by atomic mass is 35.5. The van der Waals surface area contributed by atoms with Crippen molar-refractivity contribution in [3.63, 3.8) is 0 Å². The minimum atomic E-state index is -3.58. The van der Waals surface area contributed by atoms with Gasteiger partial charge in [-0.2, -0.15) is 9.29 Å². The van der Waals surface area contributed by atoms with Gasteiger partial charge < -0.3 is 29.8 Å². The minimum absolute atomic E-state index is 0.0307. The van der Waals surface area contributed by atoms with Crippen molar-refractivity contribution in [3.8, 4) is 11.6 Å². The first kappa shape index (κ1) is 31.0. The summed E-state index contributed by atoms with van der Waals surface area (Å²) in [6, 6.07) is 10.3. The molecule has 1 unspecified atom stereocenters. The van der Waals surface area contributed by atoms with Gasteiger partial charge in [0, 0.05) is 29.9 Å². The Morgan fingerprint density at radius 3 is 2.66 bits per heavy atom. The summed E-state index contributed by atoms with van der Waals surface area (Å²) >= 11 is 12.7.